The summed E-state index contributed by atoms with van der Waals surface area (Å²) in [6, 6.07) is 59.7. The van der Waals surface area contributed by atoms with Gasteiger partial charge in [-0.2, -0.15) is 0 Å². The van der Waals surface area contributed by atoms with Crippen molar-refractivity contribution in [2.24, 2.45) is 0 Å². The zero-order valence-corrected chi connectivity index (χ0v) is 26.9. The standard InChI is InChI=1S/C46H33NO/c1-45(2)37-22-12-9-21-35(37)36-28-42-44(29-40(36)45)48-43-26-25-32(47(30-15-5-3-6-16-30)31-17-7-4-8-18-31)27-41(43)46(42)38-23-13-10-19-33(38)34-20-11-14-24-39(34)46/h3-29H,1-2H3. The maximum absolute atomic E-state index is 7.04. The molecule has 228 valence electrons. The number of para-hydroxylation sites is 2. The zero-order valence-electron chi connectivity index (χ0n) is 26.9. The molecule has 2 aliphatic carbocycles. The lowest BCUT2D eigenvalue weighted by molar-refractivity contribution is 0.435. The van der Waals surface area contributed by atoms with Crippen LogP contribution in [0.1, 0.15) is 47.2 Å². The lowest BCUT2D eigenvalue weighted by Crippen LogP contribution is -2.32. The number of hydrogen-bond donors (Lipinski definition) is 0. The molecule has 2 heteroatoms. The number of benzene rings is 7. The van der Waals surface area contributed by atoms with Crippen molar-refractivity contribution in [2.75, 3.05) is 4.90 Å². The first-order valence-electron chi connectivity index (χ1n) is 16.8. The molecule has 10 rings (SSSR count). The van der Waals surface area contributed by atoms with Crippen LogP contribution in [-0.4, -0.2) is 0 Å². The van der Waals surface area contributed by atoms with Crippen molar-refractivity contribution >= 4 is 17.1 Å². The molecule has 0 atom stereocenters. The molecule has 1 aliphatic heterocycles. The van der Waals surface area contributed by atoms with Gasteiger partial charge in [-0.05, 0) is 99.1 Å². The molecule has 48 heavy (non-hydrogen) atoms. The van der Waals surface area contributed by atoms with Gasteiger partial charge in [0.25, 0.3) is 0 Å². The van der Waals surface area contributed by atoms with Crippen LogP contribution >= 0.6 is 0 Å². The van der Waals surface area contributed by atoms with Crippen LogP contribution in [0.25, 0.3) is 22.3 Å². The zero-order chi connectivity index (χ0) is 32.0. The van der Waals surface area contributed by atoms with Gasteiger partial charge in [-0.3, -0.25) is 0 Å². The molecule has 0 N–H and O–H groups in total. The van der Waals surface area contributed by atoms with Gasteiger partial charge in [-0.25, -0.2) is 0 Å². The molecule has 7 aromatic rings. The van der Waals surface area contributed by atoms with Gasteiger partial charge in [0, 0.05) is 33.6 Å². The second kappa shape index (κ2) is 9.82. The van der Waals surface area contributed by atoms with E-state index < -0.39 is 5.41 Å². The topological polar surface area (TPSA) is 12.5 Å². The molecule has 1 heterocycles. The van der Waals surface area contributed by atoms with Gasteiger partial charge in [-0.1, -0.05) is 123 Å². The van der Waals surface area contributed by atoms with E-state index in [1.54, 1.807) is 0 Å². The summed E-state index contributed by atoms with van der Waals surface area (Å²) in [6.45, 7) is 4.68. The van der Waals surface area contributed by atoms with Crippen molar-refractivity contribution in [2.45, 2.75) is 24.7 Å². The third-order valence-corrected chi connectivity index (χ3v) is 10.9. The smallest absolute Gasteiger partial charge is 0.132 e. The SMILES string of the molecule is CC1(C)c2ccccc2-c2cc3c(cc21)Oc1ccc(N(c2ccccc2)c2ccccc2)cc1C31c2ccccc2-c2ccccc21. The van der Waals surface area contributed by atoms with Crippen LogP contribution in [-0.2, 0) is 10.8 Å². The maximum Gasteiger partial charge on any atom is 0.132 e. The van der Waals surface area contributed by atoms with Crippen molar-refractivity contribution < 1.29 is 4.74 Å². The molecule has 0 bridgehead atoms. The molecule has 1 spiro atoms. The Kier molecular flexibility index (Phi) is 5.58. The Labute approximate surface area is 281 Å². The summed E-state index contributed by atoms with van der Waals surface area (Å²) in [4.78, 5) is 2.34. The highest BCUT2D eigenvalue weighted by Gasteiger charge is 2.52. The van der Waals surface area contributed by atoms with Crippen molar-refractivity contribution in [1.82, 2.24) is 0 Å². The average Bonchev–Trinajstić information content (AvgIpc) is 3.55. The molecule has 2 nitrogen and oxygen atoms in total. The Morgan fingerprint density at radius 1 is 0.375 bits per heavy atom. The van der Waals surface area contributed by atoms with Crippen molar-refractivity contribution in [3.05, 3.63) is 197 Å². The van der Waals surface area contributed by atoms with E-state index in [-0.39, 0.29) is 5.41 Å². The fraction of sp³-hybridized carbons (Fsp3) is 0.0870. The second-order valence-corrected chi connectivity index (χ2v) is 13.7. The van der Waals surface area contributed by atoms with E-state index >= 15 is 0 Å². The summed E-state index contributed by atoms with van der Waals surface area (Å²) >= 11 is 0. The fourth-order valence-electron chi connectivity index (χ4n) is 8.82. The first-order valence-corrected chi connectivity index (χ1v) is 16.8. The lowest BCUT2D eigenvalue weighted by Gasteiger charge is -2.41. The highest BCUT2D eigenvalue weighted by molar-refractivity contribution is 5.92. The molecule has 0 saturated carbocycles. The average molecular weight is 616 g/mol. The van der Waals surface area contributed by atoms with Crippen LogP contribution in [0.2, 0.25) is 0 Å². The Morgan fingerprint density at radius 3 is 1.48 bits per heavy atom. The molecule has 7 aromatic carbocycles. The number of fused-ring (bicyclic) bond motifs is 12. The van der Waals surface area contributed by atoms with Crippen LogP contribution in [0.3, 0.4) is 0 Å². The quantitative estimate of drug-likeness (QED) is 0.196. The van der Waals surface area contributed by atoms with Crippen molar-refractivity contribution in [1.29, 1.82) is 0 Å². The van der Waals surface area contributed by atoms with Crippen LogP contribution in [0.5, 0.6) is 11.5 Å². The number of anilines is 3. The second-order valence-electron chi connectivity index (χ2n) is 13.7. The Balaban J connectivity index is 1.31. The molecule has 0 unspecified atom stereocenters. The fourth-order valence-corrected chi connectivity index (χ4v) is 8.82. The van der Waals surface area contributed by atoms with Gasteiger partial charge in [0.15, 0.2) is 0 Å². The largest absolute Gasteiger partial charge is 0.457 e. The Bertz CT molecular complexity index is 2320. The van der Waals surface area contributed by atoms with E-state index in [0.717, 1.165) is 34.1 Å². The van der Waals surface area contributed by atoms with Crippen LogP contribution in [0, 0.1) is 0 Å². The van der Waals surface area contributed by atoms with Gasteiger partial charge in [0.1, 0.15) is 11.5 Å². The number of nitrogens with zero attached hydrogens (tertiary/aromatic N) is 1. The number of hydrogen-bond acceptors (Lipinski definition) is 2. The summed E-state index contributed by atoms with van der Waals surface area (Å²) in [7, 11) is 0. The molecule has 0 aromatic heterocycles. The van der Waals surface area contributed by atoms with Crippen LogP contribution in [0.15, 0.2) is 164 Å². The van der Waals surface area contributed by atoms with E-state index in [0.29, 0.717) is 0 Å². The monoisotopic (exact) mass is 615 g/mol. The minimum absolute atomic E-state index is 0.126. The molecule has 0 fully saturated rings. The predicted molar refractivity (Wildman–Crippen MR) is 196 cm³/mol. The minimum Gasteiger partial charge on any atom is -0.457 e. The molecule has 3 aliphatic rings. The summed E-state index contributed by atoms with van der Waals surface area (Å²) in [5, 5.41) is 0. The van der Waals surface area contributed by atoms with E-state index in [9.17, 15) is 0 Å². The van der Waals surface area contributed by atoms with Crippen LogP contribution < -0.4 is 9.64 Å². The first-order chi connectivity index (χ1) is 23.6. The molecular weight excluding hydrogens is 583 g/mol. The first kappa shape index (κ1) is 27.3. The molecular formula is C46H33NO. The van der Waals surface area contributed by atoms with E-state index in [1.165, 1.54) is 50.1 Å². The number of rotatable bonds is 3. The van der Waals surface area contributed by atoms with E-state index in [1.807, 2.05) is 0 Å². The molecule has 0 amide bonds. The third-order valence-electron chi connectivity index (χ3n) is 10.9. The van der Waals surface area contributed by atoms with E-state index in [4.69, 9.17) is 4.74 Å². The summed E-state index contributed by atoms with van der Waals surface area (Å²) in [6.07, 6.45) is 0. The molecule has 0 saturated heterocycles. The van der Waals surface area contributed by atoms with Gasteiger partial charge in [0.2, 0.25) is 0 Å². The van der Waals surface area contributed by atoms with Gasteiger partial charge in [-0.15, -0.1) is 0 Å². The van der Waals surface area contributed by atoms with Crippen LogP contribution in [0.4, 0.5) is 17.1 Å². The maximum atomic E-state index is 7.04. The highest BCUT2D eigenvalue weighted by Crippen LogP contribution is 2.64. The number of ether oxygens (including phenoxy) is 1. The van der Waals surface area contributed by atoms with Gasteiger partial charge < -0.3 is 9.64 Å². The van der Waals surface area contributed by atoms with Gasteiger partial charge in [0.05, 0.1) is 5.41 Å². The predicted octanol–water partition coefficient (Wildman–Crippen LogP) is 11.9. The van der Waals surface area contributed by atoms with Crippen molar-refractivity contribution in [3.8, 4) is 33.8 Å². The molecule has 0 radical (unpaired) electrons. The van der Waals surface area contributed by atoms with E-state index in [2.05, 4.69) is 183 Å². The highest BCUT2D eigenvalue weighted by atomic mass is 16.5. The van der Waals surface area contributed by atoms with Crippen molar-refractivity contribution in [3.63, 3.8) is 0 Å². The Hall–Kier alpha value is -5.86. The minimum atomic E-state index is -0.568. The third kappa shape index (κ3) is 3.52. The lowest BCUT2D eigenvalue weighted by atomic mass is 9.65. The summed E-state index contributed by atoms with van der Waals surface area (Å²) in [5.41, 5.74) is 15.4. The summed E-state index contributed by atoms with van der Waals surface area (Å²) in [5.74, 6) is 1.83. The normalized spacial score (nSPS) is 15.0. The Morgan fingerprint density at radius 2 is 0.875 bits per heavy atom. The summed E-state index contributed by atoms with van der Waals surface area (Å²) < 4.78 is 7.04. The van der Waals surface area contributed by atoms with Gasteiger partial charge >= 0.3 is 0 Å².